The van der Waals surface area contributed by atoms with Crippen LogP contribution in [0, 0.1) is 0 Å². The van der Waals surface area contributed by atoms with Gasteiger partial charge in [-0.25, -0.2) is 0 Å². The molecule has 1 aromatic carbocycles. The highest BCUT2D eigenvalue weighted by Crippen LogP contribution is 2.25. The van der Waals surface area contributed by atoms with Gasteiger partial charge in [-0.2, -0.15) is 0 Å². The number of nitrogens with one attached hydrogen (secondary N) is 1. The molecule has 16 heavy (non-hydrogen) atoms. The lowest BCUT2D eigenvalue weighted by Crippen LogP contribution is -2.15. The molecule has 0 bridgehead atoms. The standard InChI is InChI=1S/C10H7Cl2NO3/c11-5-2-1-4(3-6(5)12)9(14)7-8(13-7)10(15)16/h1-3,7-8,13H,(H,15,16)/t7-,8-/m0/s1. The van der Waals surface area contributed by atoms with Crippen LogP contribution in [0.2, 0.25) is 10.0 Å². The van der Waals surface area contributed by atoms with Crippen molar-refractivity contribution in [2.45, 2.75) is 12.1 Å². The largest absolute Gasteiger partial charge is 0.480 e. The number of aliphatic carboxylic acids is 1. The first-order valence-electron chi connectivity index (χ1n) is 4.49. The normalized spacial score (nSPS) is 22.9. The number of Topliss-reactive ketones (excluding diaryl/α,β-unsaturated/α-hetero) is 1. The zero-order chi connectivity index (χ0) is 11.9. The molecule has 84 valence electrons. The van der Waals surface area contributed by atoms with Gasteiger partial charge in [0.25, 0.3) is 0 Å². The highest BCUT2D eigenvalue weighted by molar-refractivity contribution is 6.42. The zero-order valence-electron chi connectivity index (χ0n) is 7.91. The number of carboxylic acids is 1. The van der Waals surface area contributed by atoms with E-state index in [9.17, 15) is 9.59 Å². The Morgan fingerprint density at radius 3 is 2.38 bits per heavy atom. The third kappa shape index (κ3) is 2.04. The molecule has 1 saturated heterocycles. The van der Waals surface area contributed by atoms with Crippen molar-refractivity contribution in [1.29, 1.82) is 0 Å². The van der Waals surface area contributed by atoms with Gasteiger partial charge in [-0.3, -0.25) is 14.9 Å². The first-order chi connectivity index (χ1) is 7.50. The van der Waals surface area contributed by atoms with Gasteiger partial charge >= 0.3 is 5.97 Å². The van der Waals surface area contributed by atoms with Crippen LogP contribution in [0.3, 0.4) is 0 Å². The number of rotatable bonds is 3. The molecule has 0 spiro atoms. The van der Waals surface area contributed by atoms with E-state index in [1.165, 1.54) is 18.2 Å². The van der Waals surface area contributed by atoms with Crippen LogP contribution >= 0.6 is 23.2 Å². The first-order valence-corrected chi connectivity index (χ1v) is 5.24. The van der Waals surface area contributed by atoms with Gasteiger partial charge in [-0.15, -0.1) is 0 Å². The molecule has 2 rings (SSSR count). The molecule has 4 nitrogen and oxygen atoms in total. The summed E-state index contributed by atoms with van der Waals surface area (Å²) in [6.45, 7) is 0. The van der Waals surface area contributed by atoms with Gasteiger partial charge in [-0.1, -0.05) is 23.2 Å². The molecule has 1 aliphatic rings. The molecule has 6 heteroatoms. The van der Waals surface area contributed by atoms with Gasteiger partial charge < -0.3 is 5.11 Å². The van der Waals surface area contributed by atoms with Crippen LogP contribution in [0.25, 0.3) is 0 Å². The Kier molecular flexibility index (Phi) is 2.88. The smallest absolute Gasteiger partial charge is 0.322 e. The SMILES string of the molecule is O=C(O)[C@H]1N[C@@H]1C(=O)c1ccc(Cl)c(Cl)c1. The molecule has 0 unspecified atom stereocenters. The quantitative estimate of drug-likeness (QED) is 0.639. The Morgan fingerprint density at radius 2 is 1.88 bits per heavy atom. The van der Waals surface area contributed by atoms with Crippen molar-refractivity contribution in [3.05, 3.63) is 33.8 Å². The summed E-state index contributed by atoms with van der Waals surface area (Å²) < 4.78 is 0. The van der Waals surface area contributed by atoms with Crippen LogP contribution < -0.4 is 5.32 Å². The van der Waals surface area contributed by atoms with Gasteiger partial charge in [-0.05, 0) is 18.2 Å². The highest BCUT2D eigenvalue weighted by Gasteiger charge is 2.47. The van der Waals surface area contributed by atoms with E-state index >= 15 is 0 Å². The fourth-order valence-electron chi connectivity index (χ4n) is 1.41. The number of carboxylic acid groups (broad SMARTS) is 1. The predicted octanol–water partition coefficient (Wildman–Crippen LogP) is 1.60. The number of ketones is 1. The zero-order valence-corrected chi connectivity index (χ0v) is 9.42. The van der Waals surface area contributed by atoms with Gasteiger partial charge in [0, 0.05) is 5.56 Å². The van der Waals surface area contributed by atoms with Crippen LogP contribution in [0.4, 0.5) is 0 Å². The summed E-state index contributed by atoms with van der Waals surface area (Å²) in [6, 6.07) is 3.02. The second-order valence-electron chi connectivity index (χ2n) is 3.45. The van der Waals surface area contributed by atoms with Crippen molar-refractivity contribution >= 4 is 35.0 Å². The molecule has 0 aliphatic carbocycles. The van der Waals surface area contributed by atoms with E-state index in [1.807, 2.05) is 0 Å². The first kappa shape index (κ1) is 11.4. The van der Waals surface area contributed by atoms with Crippen LogP contribution in [0.1, 0.15) is 10.4 Å². The number of carbonyl (C=O) groups is 2. The fourth-order valence-corrected chi connectivity index (χ4v) is 1.71. The van der Waals surface area contributed by atoms with Crippen LogP contribution in [-0.4, -0.2) is 28.9 Å². The van der Waals surface area contributed by atoms with Crippen LogP contribution in [0.5, 0.6) is 0 Å². The van der Waals surface area contributed by atoms with E-state index in [0.717, 1.165) is 0 Å². The minimum atomic E-state index is -1.03. The lowest BCUT2D eigenvalue weighted by Gasteiger charge is -2.00. The second-order valence-corrected chi connectivity index (χ2v) is 4.27. The molecular formula is C10H7Cl2NO3. The van der Waals surface area contributed by atoms with E-state index in [1.54, 1.807) is 0 Å². The summed E-state index contributed by atoms with van der Waals surface area (Å²) >= 11 is 11.5. The van der Waals surface area contributed by atoms with Gasteiger partial charge in [0.1, 0.15) is 6.04 Å². The summed E-state index contributed by atoms with van der Waals surface area (Å²) in [5.41, 5.74) is 0.357. The van der Waals surface area contributed by atoms with Gasteiger partial charge in [0.05, 0.1) is 16.1 Å². The molecular weight excluding hydrogens is 253 g/mol. The predicted molar refractivity (Wildman–Crippen MR) is 59.1 cm³/mol. The van der Waals surface area contributed by atoms with Crippen molar-refractivity contribution in [2.24, 2.45) is 0 Å². The van der Waals surface area contributed by atoms with Crippen molar-refractivity contribution < 1.29 is 14.7 Å². The Hall–Kier alpha value is -1.10. The molecule has 1 heterocycles. The molecule has 2 N–H and O–H groups in total. The molecule has 0 radical (unpaired) electrons. The third-order valence-electron chi connectivity index (χ3n) is 2.34. The Morgan fingerprint density at radius 1 is 1.19 bits per heavy atom. The maximum Gasteiger partial charge on any atom is 0.322 e. The number of carbonyl (C=O) groups excluding carboxylic acids is 1. The minimum absolute atomic E-state index is 0.278. The van der Waals surface area contributed by atoms with Crippen molar-refractivity contribution in [2.75, 3.05) is 0 Å². The fraction of sp³-hybridized carbons (Fsp3) is 0.200. The number of hydrogen-bond acceptors (Lipinski definition) is 3. The summed E-state index contributed by atoms with van der Waals surface area (Å²) in [6.07, 6.45) is 0. The molecule has 0 amide bonds. The maximum atomic E-state index is 11.8. The van der Waals surface area contributed by atoms with Crippen molar-refractivity contribution in [1.82, 2.24) is 5.32 Å². The van der Waals surface area contributed by atoms with E-state index in [-0.39, 0.29) is 10.8 Å². The summed E-state index contributed by atoms with van der Waals surface area (Å²) in [4.78, 5) is 22.3. The summed E-state index contributed by atoms with van der Waals surface area (Å²) in [5.74, 6) is -1.32. The second kappa shape index (κ2) is 4.05. The highest BCUT2D eigenvalue weighted by atomic mass is 35.5. The minimum Gasteiger partial charge on any atom is -0.480 e. The van der Waals surface area contributed by atoms with Crippen LogP contribution in [0.15, 0.2) is 18.2 Å². The number of benzene rings is 1. The molecule has 2 atom stereocenters. The van der Waals surface area contributed by atoms with E-state index < -0.39 is 18.1 Å². The average molecular weight is 260 g/mol. The van der Waals surface area contributed by atoms with E-state index in [0.29, 0.717) is 10.6 Å². The van der Waals surface area contributed by atoms with Crippen molar-refractivity contribution in [3.8, 4) is 0 Å². The lowest BCUT2D eigenvalue weighted by molar-refractivity contribution is -0.136. The maximum absolute atomic E-state index is 11.8. The summed E-state index contributed by atoms with van der Waals surface area (Å²) in [7, 11) is 0. The molecule has 1 aliphatic heterocycles. The van der Waals surface area contributed by atoms with Crippen molar-refractivity contribution in [3.63, 3.8) is 0 Å². The summed E-state index contributed by atoms with van der Waals surface area (Å²) in [5, 5.41) is 11.9. The topological polar surface area (TPSA) is 76.3 Å². The molecule has 1 aromatic rings. The number of hydrogen-bond donors (Lipinski definition) is 2. The monoisotopic (exact) mass is 259 g/mol. The van der Waals surface area contributed by atoms with E-state index in [4.69, 9.17) is 28.3 Å². The Balaban J connectivity index is 2.17. The molecule has 0 saturated carbocycles. The third-order valence-corrected chi connectivity index (χ3v) is 3.08. The number of halogens is 2. The average Bonchev–Trinajstić information content (AvgIpc) is 3.01. The molecule has 1 fully saturated rings. The Bertz CT molecular complexity index is 475. The lowest BCUT2D eigenvalue weighted by atomic mass is 10.1. The van der Waals surface area contributed by atoms with Gasteiger partial charge in [0.15, 0.2) is 5.78 Å². The van der Waals surface area contributed by atoms with E-state index in [2.05, 4.69) is 5.32 Å². The molecule has 0 aromatic heterocycles. The Labute approximate surface area is 101 Å². The van der Waals surface area contributed by atoms with Crippen LogP contribution in [-0.2, 0) is 4.79 Å². The van der Waals surface area contributed by atoms with Gasteiger partial charge in [0.2, 0.25) is 0 Å².